The predicted octanol–water partition coefficient (Wildman–Crippen LogP) is 3.60. The van der Waals surface area contributed by atoms with Gasteiger partial charge in [-0.15, -0.1) is 0 Å². The van der Waals surface area contributed by atoms with Crippen molar-refractivity contribution in [2.24, 2.45) is 0 Å². The van der Waals surface area contributed by atoms with Crippen LogP contribution in [0.5, 0.6) is 0 Å². The molecule has 0 aliphatic carbocycles. The van der Waals surface area contributed by atoms with E-state index in [1.165, 1.54) is 4.90 Å². The summed E-state index contributed by atoms with van der Waals surface area (Å²) in [6.45, 7) is 7.99. The first-order chi connectivity index (χ1) is 13.1. The minimum atomic E-state index is -0.608. The number of anilines is 1. The van der Waals surface area contributed by atoms with Crippen molar-refractivity contribution in [2.75, 3.05) is 18.4 Å². The summed E-state index contributed by atoms with van der Waals surface area (Å²) in [5, 5.41) is 5.60. The number of hydrogen-bond acceptors (Lipinski definition) is 4. The summed E-state index contributed by atoms with van der Waals surface area (Å²) in [4.78, 5) is 38.4. The summed E-state index contributed by atoms with van der Waals surface area (Å²) < 4.78 is 6.25. The highest BCUT2D eigenvalue weighted by Crippen LogP contribution is 2.22. The van der Waals surface area contributed by atoms with Crippen LogP contribution < -0.4 is 10.6 Å². The molecule has 1 aromatic carbocycles. The van der Waals surface area contributed by atoms with Gasteiger partial charge in [0.05, 0.1) is 0 Å². The highest BCUT2D eigenvalue weighted by molar-refractivity contribution is 9.10. The fourth-order valence-electron chi connectivity index (χ4n) is 2.94. The molecular weight excluding hydrogens is 426 g/mol. The third-order valence-electron chi connectivity index (χ3n) is 4.31. The van der Waals surface area contributed by atoms with Crippen molar-refractivity contribution in [3.05, 3.63) is 28.2 Å². The Morgan fingerprint density at radius 2 is 2.00 bits per heavy atom. The molecule has 1 aliphatic heterocycles. The van der Waals surface area contributed by atoms with Gasteiger partial charge in [0, 0.05) is 29.7 Å². The number of likely N-dealkylation sites (tertiary alicyclic amines) is 1. The Kier molecular flexibility index (Phi) is 7.46. The Balaban J connectivity index is 1.82. The summed E-state index contributed by atoms with van der Waals surface area (Å²) in [5.74, 6) is -0.438. The van der Waals surface area contributed by atoms with E-state index in [0.29, 0.717) is 13.0 Å². The van der Waals surface area contributed by atoms with E-state index < -0.39 is 17.7 Å². The van der Waals surface area contributed by atoms with Gasteiger partial charge in [0.1, 0.15) is 11.6 Å². The number of amides is 3. The number of rotatable bonds is 5. The monoisotopic (exact) mass is 453 g/mol. The van der Waals surface area contributed by atoms with E-state index >= 15 is 0 Å². The van der Waals surface area contributed by atoms with Crippen molar-refractivity contribution in [1.82, 2.24) is 10.2 Å². The number of nitrogens with one attached hydrogen (secondary N) is 2. The second kappa shape index (κ2) is 9.41. The molecule has 1 aliphatic rings. The minimum absolute atomic E-state index is 0.150. The molecule has 154 valence electrons. The zero-order valence-electron chi connectivity index (χ0n) is 16.8. The normalized spacial score (nSPS) is 16.6. The van der Waals surface area contributed by atoms with E-state index in [1.807, 2.05) is 25.1 Å². The van der Waals surface area contributed by atoms with Crippen LogP contribution in [0, 0.1) is 6.92 Å². The lowest BCUT2D eigenvalue weighted by atomic mass is 10.2. The number of aryl methyl sites for hydroxylation is 1. The molecule has 1 aromatic rings. The van der Waals surface area contributed by atoms with E-state index in [-0.39, 0.29) is 24.8 Å². The van der Waals surface area contributed by atoms with E-state index in [1.54, 1.807) is 20.8 Å². The minimum Gasteiger partial charge on any atom is -0.444 e. The molecule has 2 rings (SSSR count). The fraction of sp³-hybridized carbons (Fsp3) is 0.550. The third-order valence-corrected chi connectivity index (χ3v) is 4.80. The second-order valence-electron chi connectivity index (χ2n) is 7.88. The number of nitrogens with zero attached hydrogens (tertiary/aromatic N) is 1. The first kappa shape index (κ1) is 22.2. The van der Waals surface area contributed by atoms with Crippen LogP contribution in [-0.2, 0) is 14.3 Å². The average molecular weight is 454 g/mol. The molecule has 28 heavy (non-hydrogen) atoms. The van der Waals surface area contributed by atoms with Crippen molar-refractivity contribution < 1.29 is 19.1 Å². The van der Waals surface area contributed by atoms with Crippen LogP contribution in [0.25, 0.3) is 0 Å². The molecule has 7 nitrogen and oxygen atoms in total. The van der Waals surface area contributed by atoms with Gasteiger partial charge in [0.2, 0.25) is 11.8 Å². The molecule has 0 saturated carbocycles. The SMILES string of the molecule is Cc1ccc(Br)cc1NC(=O)CCNC(=O)[C@@H]1CCCN1C(=O)OC(C)(C)C. The van der Waals surface area contributed by atoms with Crippen molar-refractivity contribution in [3.8, 4) is 0 Å². The summed E-state index contributed by atoms with van der Waals surface area (Å²) in [6.07, 6.45) is 1.01. The second-order valence-corrected chi connectivity index (χ2v) is 8.80. The van der Waals surface area contributed by atoms with Crippen LogP contribution in [0.4, 0.5) is 10.5 Å². The molecule has 1 saturated heterocycles. The lowest BCUT2D eigenvalue weighted by Gasteiger charge is -2.28. The predicted molar refractivity (Wildman–Crippen MR) is 111 cm³/mol. The molecule has 8 heteroatoms. The lowest BCUT2D eigenvalue weighted by molar-refractivity contribution is -0.125. The van der Waals surface area contributed by atoms with Gasteiger partial charge >= 0.3 is 6.09 Å². The van der Waals surface area contributed by atoms with Crippen molar-refractivity contribution in [1.29, 1.82) is 0 Å². The summed E-state index contributed by atoms with van der Waals surface area (Å²) in [7, 11) is 0. The van der Waals surface area contributed by atoms with Crippen LogP contribution in [0.3, 0.4) is 0 Å². The van der Waals surface area contributed by atoms with Gasteiger partial charge in [0.15, 0.2) is 0 Å². The largest absolute Gasteiger partial charge is 0.444 e. The molecule has 3 amide bonds. The summed E-state index contributed by atoms with van der Waals surface area (Å²) in [6, 6.07) is 5.10. The van der Waals surface area contributed by atoms with Gasteiger partial charge in [0.25, 0.3) is 0 Å². The number of hydrogen-bond donors (Lipinski definition) is 2. The molecule has 1 heterocycles. The molecule has 2 N–H and O–H groups in total. The Bertz CT molecular complexity index is 745. The van der Waals surface area contributed by atoms with Crippen LogP contribution in [-0.4, -0.2) is 47.5 Å². The maximum Gasteiger partial charge on any atom is 0.410 e. The van der Waals surface area contributed by atoms with Crippen molar-refractivity contribution in [3.63, 3.8) is 0 Å². The number of carbonyl (C=O) groups excluding carboxylic acids is 3. The molecule has 1 atom stereocenters. The molecule has 0 radical (unpaired) electrons. The number of carbonyl (C=O) groups is 3. The van der Waals surface area contributed by atoms with E-state index in [2.05, 4.69) is 26.6 Å². The van der Waals surface area contributed by atoms with Gasteiger partial charge in [-0.2, -0.15) is 0 Å². The van der Waals surface area contributed by atoms with Gasteiger partial charge in [-0.1, -0.05) is 22.0 Å². The summed E-state index contributed by atoms with van der Waals surface area (Å²) >= 11 is 3.38. The van der Waals surface area contributed by atoms with Gasteiger partial charge < -0.3 is 15.4 Å². The van der Waals surface area contributed by atoms with Crippen LogP contribution in [0.2, 0.25) is 0 Å². The first-order valence-corrected chi connectivity index (χ1v) is 10.2. The topological polar surface area (TPSA) is 87.7 Å². The number of ether oxygens (including phenoxy) is 1. The standard InChI is InChI=1S/C20H28BrN3O4/c1-13-7-8-14(21)12-15(13)23-17(25)9-10-22-18(26)16-6-5-11-24(16)19(27)28-20(2,3)4/h7-8,12,16H,5-6,9-11H2,1-4H3,(H,22,26)(H,23,25)/t16-/m0/s1. The summed E-state index contributed by atoms with van der Waals surface area (Å²) in [5.41, 5.74) is 1.08. The maximum atomic E-state index is 12.5. The van der Waals surface area contributed by atoms with Crippen LogP contribution in [0.15, 0.2) is 22.7 Å². The Morgan fingerprint density at radius 3 is 2.68 bits per heavy atom. The van der Waals surface area contributed by atoms with Gasteiger partial charge in [-0.05, 0) is 58.2 Å². The highest BCUT2D eigenvalue weighted by atomic mass is 79.9. The first-order valence-electron chi connectivity index (χ1n) is 9.40. The smallest absolute Gasteiger partial charge is 0.410 e. The number of benzene rings is 1. The van der Waals surface area contributed by atoms with E-state index in [9.17, 15) is 14.4 Å². The molecule has 0 spiro atoms. The Morgan fingerprint density at radius 1 is 1.29 bits per heavy atom. The molecule has 0 unspecified atom stereocenters. The third kappa shape index (κ3) is 6.51. The van der Waals surface area contributed by atoms with E-state index in [0.717, 1.165) is 22.1 Å². The van der Waals surface area contributed by atoms with Gasteiger partial charge in [-0.25, -0.2) is 4.79 Å². The maximum absolute atomic E-state index is 12.5. The van der Waals surface area contributed by atoms with Crippen LogP contribution >= 0.6 is 15.9 Å². The zero-order valence-corrected chi connectivity index (χ0v) is 18.4. The fourth-order valence-corrected chi connectivity index (χ4v) is 3.30. The van der Waals surface area contributed by atoms with Crippen molar-refractivity contribution >= 4 is 39.5 Å². The van der Waals surface area contributed by atoms with E-state index in [4.69, 9.17) is 4.74 Å². The lowest BCUT2D eigenvalue weighted by Crippen LogP contribution is -2.47. The Hall–Kier alpha value is -2.09. The zero-order chi connectivity index (χ0) is 20.9. The van der Waals surface area contributed by atoms with Crippen LogP contribution in [0.1, 0.15) is 45.6 Å². The Labute approximate surface area is 174 Å². The average Bonchev–Trinajstić information content (AvgIpc) is 3.06. The molecular formula is C20H28BrN3O4. The molecule has 0 bridgehead atoms. The van der Waals surface area contributed by atoms with Gasteiger partial charge in [-0.3, -0.25) is 14.5 Å². The molecule has 0 aromatic heterocycles. The number of halogens is 1. The highest BCUT2D eigenvalue weighted by Gasteiger charge is 2.36. The van der Waals surface area contributed by atoms with Crippen molar-refractivity contribution in [2.45, 2.75) is 58.6 Å². The quantitative estimate of drug-likeness (QED) is 0.712. The molecule has 1 fully saturated rings.